The molecule has 5 rings (SSSR count). The lowest BCUT2D eigenvalue weighted by Gasteiger charge is -2.37. The van der Waals surface area contributed by atoms with E-state index in [2.05, 4.69) is 16.0 Å². The monoisotopic (exact) mass is 582 g/mol. The second-order valence-electron chi connectivity index (χ2n) is 11.5. The molecule has 3 aromatic rings. The Bertz CT molecular complexity index is 1540. The Kier molecular flexibility index (Phi) is 7.15. The highest BCUT2D eigenvalue weighted by Crippen LogP contribution is 2.57. The van der Waals surface area contributed by atoms with Crippen LogP contribution in [0.5, 0.6) is 0 Å². The summed E-state index contributed by atoms with van der Waals surface area (Å²) in [6, 6.07) is 14.3. The third-order valence-corrected chi connectivity index (χ3v) is 8.16. The topological polar surface area (TPSA) is 113 Å². The molecule has 1 fully saturated rings. The lowest BCUT2D eigenvalue weighted by atomic mass is 9.62. The molecule has 2 aliphatic rings. The van der Waals surface area contributed by atoms with E-state index in [9.17, 15) is 14.4 Å². The van der Waals surface area contributed by atoms with Crippen molar-refractivity contribution >= 4 is 52.3 Å². The van der Waals surface area contributed by atoms with Gasteiger partial charge in [0.05, 0.1) is 11.1 Å². The van der Waals surface area contributed by atoms with Crippen LogP contribution >= 0.6 is 23.2 Å². The molecule has 4 atom stereocenters. The number of anilines is 2. The van der Waals surface area contributed by atoms with E-state index in [0.717, 1.165) is 0 Å². The maximum Gasteiger partial charge on any atom is 0.248 e. The third-order valence-electron chi connectivity index (χ3n) is 7.64. The molecule has 0 aromatic heterocycles. The van der Waals surface area contributed by atoms with Gasteiger partial charge in [-0.2, -0.15) is 0 Å². The zero-order chi connectivity index (χ0) is 29.0. The summed E-state index contributed by atoms with van der Waals surface area (Å²) >= 11 is 12.5. The van der Waals surface area contributed by atoms with Gasteiger partial charge in [-0.1, -0.05) is 68.2 Å². The fraction of sp³-hybridized carbons (Fsp3) is 0.300. The molecule has 2 aliphatic heterocycles. The first-order valence-corrected chi connectivity index (χ1v) is 13.6. The summed E-state index contributed by atoms with van der Waals surface area (Å²) in [4.78, 5) is 39.9. The number of nitrogens with one attached hydrogen (secondary N) is 3. The van der Waals surface area contributed by atoms with E-state index in [4.69, 9.17) is 28.9 Å². The normalized spacial score (nSPS) is 23.6. The number of hydrogen-bond donors (Lipinski definition) is 4. The second-order valence-corrected chi connectivity index (χ2v) is 12.4. The maximum absolute atomic E-state index is 15.8. The quantitative estimate of drug-likeness (QED) is 0.312. The predicted molar refractivity (Wildman–Crippen MR) is 154 cm³/mol. The molecule has 1 saturated heterocycles. The number of primary amides is 1. The van der Waals surface area contributed by atoms with Crippen LogP contribution in [0, 0.1) is 11.2 Å². The van der Waals surface area contributed by atoms with E-state index in [1.807, 2.05) is 20.8 Å². The Morgan fingerprint density at radius 3 is 2.50 bits per heavy atom. The number of carbonyl (C=O) groups excluding carboxylic acids is 3. The average molecular weight is 583 g/mol. The fourth-order valence-corrected chi connectivity index (χ4v) is 6.48. The summed E-state index contributed by atoms with van der Waals surface area (Å²) in [7, 11) is 0. The highest BCUT2D eigenvalue weighted by atomic mass is 35.5. The van der Waals surface area contributed by atoms with Crippen LogP contribution in [0.15, 0.2) is 60.7 Å². The molecule has 4 unspecified atom stereocenters. The zero-order valence-electron chi connectivity index (χ0n) is 22.1. The molecule has 208 valence electrons. The molecule has 5 N–H and O–H groups in total. The lowest BCUT2D eigenvalue weighted by Crippen LogP contribution is -2.49. The van der Waals surface area contributed by atoms with Crippen LogP contribution in [0.3, 0.4) is 0 Å². The third kappa shape index (κ3) is 4.74. The zero-order valence-corrected chi connectivity index (χ0v) is 23.7. The van der Waals surface area contributed by atoms with Gasteiger partial charge in [-0.25, -0.2) is 4.39 Å². The molecule has 0 saturated carbocycles. The highest BCUT2D eigenvalue weighted by Gasteiger charge is 2.66. The molecule has 40 heavy (non-hydrogen) atoms. The summed E-state index contributed by atoms with van der Waals surface area (Å²) in [6.07, 6.45) is 0.488. The molecule has 0 radical (unpaired) electrons. The van der Waals surface area contributed by atoms with Crippen molar-refractivity contribution < 1.29 is 18.8 Å². The van der Waals surface area contributed by atoms with Crippen molar-refractivity contribution in [2.45, 2.75) is 50.6 Å². The second kappa shape index (κ2) is 10.2. The summed E-state index contributed by atoms with van der Waals surface area (Å²) in [5.74, 6) is -3.19. The number of hydrogen-bond acceptors (Lipinski definition) is 4. The minimum atomic E-state index is -1.37. The maximum atomic E-state index is 15.8. The van der Waals surface area contributed by atoms with Crippen molar-refractivity contribution in [3.8, 4) is 0 Å². The van der Waals surface area contributed by atoms with Crippen molar-refractivity contribution in [3.63, 3.8) is 0 Å². The molecule has 3 aromatic carbocycles. The van der Waals surface area contributed by atoms with Crippen LogP contribution in [0.1, 0.15) is 54.6 Å². The van der Waals surface area contributed by atoms with Gasteiger partial charge < -0.3 is 21.7 Å². The van der Waals surface area contributed by atoms with Gasteiger partial charge in [0, 0.05) is 33.9 Å². The van der Waals surface area contributed by atoms with Crippen LogP contribution < -0.4 is 21.7 Å². The number of rotatable bonds is 5. The number of nitrogens with two attached hydrogens (primary N) is 1. The van der Waals surface area contributed by atoms with Crippen molar-refractivity contribution in [2.24, 2.45) is 11.1 Å². The number of benzene rings is 3. The largest absolute Gasteiger partial charge is 0.366 e. The van der Waals surface area contributed by atoms with Crippen molar-refractivity contribution in [1.29, 1.82) is 0 Å². The summed E-state index contributed by atoms with van der Waals surface area (Å²) in [5, 5.41) is 9.51. The van der Waals surface area contributed by atoms with Gasteiger partial charge in [-0.3, -0.25) is 14.4 Å². The first kappa shape index (κ1) is 28.1. The first-order valence-electron chi connectivity index (χ1n) is 12.8. The van der Waals surface area contributed by atoms with Gasteiger partial charge >= 0.3 is 0 Å². The molecule has 1 spiro atoms. The molecule has 0 aliphatic carbocycles. The summed E-state index contributed by atoms with van der Waals surface area (Å²) in [6.45, 7) is 6.11. The van der Waals surface area contributed by atoms with Crippen LogP contribution in [0.4, 0.5) is 15.8 Å². The fourth-order valence-electron chi connectivity index (χ4n) is 6.12. The highest BCUT2D eigenvalue weighted by molar-refractivity contribution is 6.31. The number of amides is 3. The molecule has 7 nitrogen and oxygen atoms in total. The van der Waals surface area contributed by atoms with Crippen LogP contribution in [0.25, 0.3) is 0 Å². The predicted octanol–water partition coefficient (Wildman–Crippen LogP) is 5.62. The van der Waals surface area contributed by atoms with E-state index in [1.165, 1.54) is 18.2 Å². The molecule has 0 bridgehead atoms. The smallest absolute Gasteiger partial charge is 0.248 e. The Hall–Kier alpha value is -3.46. The van der Waals surface area contributed by atoms with Crippen molar-refractivity contribution in [1.82, 2.24) is 5.32 Å². The Morgan fingerprint density at radius 2 is 1.80 bits per heavy atom. The van der Waals surface area contributed by atoms with Gasteiger partial charge in [0.25, 0.3) is 0 Å². The Balaban J connectivity index is 1.71. The Morgan fingerprint density at radius 1 is 1.07 bits per heavy atom. The van der Waals surface area contributed by atoms with Gasteiger partial charge in [-0.15, -0.1) is 0 Å². The van der Waals surface area contributed by atoms with Gasteiger partial charge in [0.2, 0.25) is 17.7 Å². The van der Waals surface area contributed by atoms with E-state index < -0.39 is 41.0 Å². The Labute approximate surface area is 241 Å². The average Bonchev–Trinajstić information content (AvgIpc) is 3.34. The number of carbonyl (C=O) groups is 3. The minimum Gasteiger partial charge on any atom is -0.366 e. The van der Waals surface area contributed by atoms with Crippen LogP contribution in [-0.2, 0) is 15.0 Å². The van der Waals surface area contributed by atoms with E-state index >= 15 is 4.39 Å². The number of halogens is 3. The standard InChI is InChI=1S/C30H29Cl2FN4O3/c1-29(2,3)14-22-30(19-11-10-16(31)13-21(19)36-28(30)40)23(18-8-5-9-20(32)24(18)33)25(37-22)27(39)35-17-7-4-6-15(12-17)26(34)38/h4-13,22-23,25,37H,14H2,1-3H3,(H2,34,38)(H,35,39)(H,36,40). The van der Waals surface area contributed by atoms with Crippen molar-refractivity contribution in [3.05, 3.63) is 93.2 Å². The lowest BCUT2D eigenvalue weighted by molar-refractivity contribution is -0.122. The molecule has 10 heteroatoms. The molecule has 3 amide bonds. The minimum absolute atomic E-state index is 0.116. The SMILES string of the molecule is CC(C)(C)CC1NC(C(=O)Nc2cccc(C(N)=O)c2)C(c2cccc(Cl)c2F)C12C(=O)Nc1cc(Cl)ccc12. The molecular formula is C30H29Cl2FN4O3. The molecule has 2 heterocycles. The van der Waals surface area contributed by atoms with Crippen LogP contribution in [0.2, 0.25) is 10.0 Å². The summed E-state index contributed by atoms with van der Waals surface area (Å²) < 4.78 is 15.8. The van der Waals surface area contributed by atoms with E-state index in [1.54, 1.807) is 42.5 Å². The van der Waals surface area contributed by atoms with Crippen molar-refractivity contribution in [2.75, 3.05) is 10.6 Å². The van der Waals surface area contributed by atoms with Gasteiger partial charge in [0.1, 0.15) is 11.2 Å². The van der Waals surface area contributed by atoms with Gasteiger partial charge in [-0.05, 0) is 59.4 Å². The molecular weight excluding hydrogens is 554 g/mol. The van der Waals surface area contributed by atoms with E-state index in [0.29, 0.717) is 28.4 Å². The van der Waals surface area contributed by atoms with Crippen LogP contribution in [-0.4, -0.2) is 29.8 Å². The van der Waals surface area contributed by atoms with E-state index in [-0.39, 0.29) is 27.5 Å². The van der Waals surface area contributed by atoms with Gasteiger partial charge in [0.15, 0.2) is 0 Å². The summed E-state index contributed by atoms with van der Waals surface area (Å²) in [5.41, 5.74) is 5.62. The number of fused-ring (bicyclic) bond motifs is 2. The first-order chi connectivity index (χ1) is 18.8.